The van der Waals surface area contributed by atoms with Crippen LogP contribution in [0.15, 0.2) is 34.2 Å². The molecule has 0 bridgehead atoms. The largest absolute Gasteiger partial charge is 0.376 e. The van der Waals surface area contributed by atoms with Crippen molar-refractivity contribution in [3.63, 3.8) is 0 Å². The van der Waals surface area contributed by atoms with Gasteiger partial charge in [0.15, 0.2) is 5.16 Å². The first-order chi connectivity index (χ1) is 13.2. The molecule has 1 aliphatic heterocycles. The minimum absolute atomic E-state index is 0.0258. The van der Waals surface area contributed by atoms with Crippen LogP contribution in [0, 0.1) is 0 Å². The summed E-state index contributed by atoms with van der Waals surface area (Å²) < 4.78 is 7.38. The molecule has 1 amide bonds. The molecule has 1 aromatic heterocycles. The maximum Gasteiger partial charge on any atom is 0.262 e. The molecule has 7 heteroatoms. The third-order valence-corrected chi connectivity index (χ3v) is 5.65. The molecule has 1 atom stereocenters. The number of nitrogens with one attached hydrogen (secondary N) is 1. The summed E-state index contributed by atoms with van der Waals surface area (Å²) >= 11 is 1.32. The van der Waals surface area contributed by atoms with Crippen molar-refractivity contribution in [1.82, 2.24) is 14.9 Å². The fraction of sp³-hybridized carbons (Fsp3) is 0.550. The average molecular weight is 390 g/mol. The number of carbonyl (C=O) groups is 1. The minimum Gasteiger partial charge on any atom is -0.376 e. The predicted molar refractivity (Wildman–Crippen MR) is 108 cm³/mol. The standard InChI is InChI=1S/C20H27N3O3S/c1-2-3-6-11-21-18(24)14-27-20-22-17-10-5-4-9-16(17)19(25)23(20)13-15-8-7-12-26-15/h4-5,9-10,15H,2-3,6-8,11-14H2,1H3,(H,21,24)/t15-/m0/s1. The molecule has 1 aliphatic rings. The summed E-state index contributed by atoms with van der Waals surface area (Å²) in [5, 5.41) is 4.11. The van der Waals surface area contributed by atoms with E-state index in [-0.39, 0.29) is 23.3 Å². The lowest BCUT2D eigenvalue weighted by Crippen LogP contribution is -2.30. The van der Waals surface area contributed by atoms with E-state index in [1.165, 1.54) is 11.8 Å². The van der Waals surface area contributed by atoms with Crippen LogP contribution in [0.25, 0.3) is 10.9 Å². The number of carbonyl (C=O) groups excluding carboxylic acids is 1. The summed E-state index contributed by atoms with van der Waals surface area (Å²) in [4.78, 5) is 29.7. The Kier molecular flexibility index (Phi) is 7.29. The SMILES string of the molecule is CCCCCNC(=O)CSc1nc2ccccc2c(=O)n1C[C@@H]1CCCO1. The quantitative estimate of drug-likeness (QED) is 0.405. The van der Waals surface area contributed by atoms with Crippen LogP contribution in [0.4, 0.5) is 0 Å². The van der Waals surface area contributed by atoms with Gasteiger partial charge in [-0.1, -0.05) is 43.7 Å². The van der Waals surface area contributed by atoms with Crippen molar-refractivity contribution in [3.05, 3.63) is 34.6 Å². The van der Waals surface area contributed by atoms with Crippen LogP contribution in [-0.2, 0) is 16.1 Å². The fourth-order valence-corrected chi connectivity index (χ4v) is 4.03. The Morgan fingerprint density at radius 1 is 1.37 bits per heavy atom. The zero-order valence-corrected chi connectivity index (χ0v) is 16.6. The van der Waals surface area contributed by atoms with Gasteiger partial charge in [0, 0.05) is 13.2 Å². The van der Waals surface area contributed by atoms with Gasteiger partial charge < -0.3 is 10.1 Å². The Morgan fingerprint density at radius 3 is 3.00 bits per heavy atom. The van der Waals surface area contributed by atoms with Gasteiger partial charge in [0.05, 0.1) is 29.3 Å². The molecule has 146 valence electrons. The van der Waals surface area contributed by atoms with Crippen molar-refractivity contribution in [2.24, 2.45) is 0 Å². The Morgan fingerprint density at radius 2 is 2.22 bits per heavy atom. The van der Waals surface area contributed by atoms with Gasteiger partial charge in [0.1, 0.15) is 0 Å². The van der Waals surface area contributed by atoms with E-state index >= 15 is 0 Å². The van der Waals surface area contributed by atoms with Gasteiger partial charge in [-0.3, -0.25) is 14.2 Å². The van der Waals surface area contributed by atoms with Crippen molar-refractivity contribution < 1.29 is 9.53 Å². The molecule has 27 heavy (non-hydrogen) atoms. The number of benzene rings is 1. The third-order valence-electron chi connectivity index (χ3n) is 4.67. The second-order valence-electron chi connectivity index (χ2n) is 6.81. The number of para-hydroxylation sites is 1. The van der Waals surface area contributed by atoms with E-state index in [4.69, 9.17) is 4.74 Å². The summed E-state index contributed by atoms with van der Waals surface area (Å²) in [6.07, 6.45) is 5.23. The lowest BCUT2D eigenvalue weighted by Gasteiger charge is -2.16. The molecule has 1 N–H and O–H groups in total. The Balaban J connectivity index is 1.75. The molecule has 3 rings (SSSR count). The smallest absolute Gasteiger partial charge is 0.262 e. The van der Waals surface area contributed by atoms with Gasteiger partial charge in [-0.15, -0.1) is 0 Å². The summed E-state index contributed by atoms with van der Waals surface area (Å²) in [6, 6.07) is 7.35. The van der Waals surface area contributed by atoms with Gasteiger partial charge in [0.25, 0.3) is 5.56 Å². The summed E-state index contributed by atoms with van der Waals surface area (Å²) in [5.41, 5.74) is 0.596. The lowest BCUT2D eigenvalue weighted by molar-refractivity contribution is -0.118. The van der Waals surface area contributed by atoms with Crippen LogP contribution in [-0.4, -0.2) is 40.5 Å². The zero-order chi connectivity index (χ0) is 19.1. The Hall–Kier alpha value is -1.86. The molecule has 1 saturated heterocycles. The number of hydrogen-bond acceptors (Lipinski definition) is 5. The van der Waals surface area contributed by atoms with Crippen LogP contribution in [0.3, 0.4) is 0 Å². The van der Waals surface area contributed by atoms with Crippen molar-refractivity contribution >= 4 is 28.6 Å². The minimum atomic E-state index is -0.0676. The molecule has 6 nitrogen and oxygen atoms in total. The molecule has 0 unspecified atom stereocenters. The van der Waals surface area contributed by atoms with Gasteiger partial charge in [-0.05, 0) is 31.4 Å². The van der Waals surface area contributed by atoms with Crippen LogP contribution >= 0.6 is 11.8 Å². The number of nitrogens with zero attached hydrogens (tertiary/aromatic N) is 2. The highest BCUT2D eigenvalue weighted by Gasteiger charge is 2.20. The fourth-order valence-electron chi connectivity index (χ4n) is 3.19. The number of thioether (sulfide) groups is 1. The monoisotopic (exact) mass is 389 g/mol. The number of aromatic nitrogens is 2. The highest BCUT2D eigenvalue weighted by molar-refractivity contribution is 7.99. The molecule has 2 aromatic rings. The summed E-state index contributed by atoms with van der Waals surface area (Å²) in [6.45, 7) is 4.05. The molecule has 1 aromatic carbocycles. The molecular formula is C20H27N3O3S. The predicted octanol–water partition coefficient (Wildman–Crippen LogP) is 2.97. The van der Waals surface area contributed by atoms with Gasteiger partial charge in [-0.25, -0.2) is 4.98 Å². The second-order valence-corrected chi connectivity index (χ2v) is 7.75. The average Bonchev–Trinajstić information content (AvgIpc) is 3.19. The maximum atomic E-state index is 13.0. The maximum absolute atomic E-state index is 13.0. The Labute approximate surface area is 163 Å². The third kappa shape index (κ3) is 5.32. The van der Waals surface area contributed by atoms with E-state index in [1.807, 2.05) is 18.2 Å². The first-order valence-corrected chi connectivity index (χ1v) is 10.7. The van der Waals surface area contributed by atoms with E-state index in [1.54, 1.807) is 10.6 Å². The molecule has 2 heterocycles. The highest BCUT2D eigenvalue weighted by atomic mass is 32.2. The first kappa shape index (κ1) is 19.9. The molecule has 0 radical (unpaired) electrons. The Bertz CT molecular complexity index is 831. The van der Waals surface area contributed by atoms with Crippen molar-refractivity contribution in [3.8, 4) is 0 Å². The van der Waals surface area contributed by atoms with Crippen LogP contribution in [0.5, 0.6) is 0 Å². The number of ether oxygens (including phenoxy) is 1. The van der Waals surface area contributed by atoms with Crippen molar-refractivity contribution in [1.29, 1.82) is 0 Å². The van der Waals surface area contributed by atoms with Gasteiger partial charge >= 0.3 is 0 Å². The number of amides is 1. The molecule has 1 fully saturated rings. The number of hydrogen-bond donors (Lipinski definition) is 1. The second kappa shape index (κ2) is 9.90. The first-order valence-electron chi connectivity index (χ1n) is 9.69. The molecule has 0 saturated carbocycles. The van der Waals surface area contributed by atoms with Crippen LogP contribution in [0.1, 0.15) is 39.0 Å². The van der Waals surface area contributed by atoms with E-state index in [0.29, 0.717) is 29.1 Å². The zero-order valence-electron chi connectivity index (χ0n) is 15.8. The van der Waals surface area contributed by atoms with E-state index < -0.39 is 0 Å². The highest BCUT2D eigenvalue weighted by Crippen LogP contribution is 2.20. The summed E-state index contributed by atoms with van der Waals surface area (Å²) in [7, 11) is 0. The lowest BCUT2D eigenvalue weighted by atomic mass is 10.2. The van der Waals surface area contributed by atoms with E-state index in [0.717, 1.165) is 38.7 Å². The van der Waals surface area contributed by atoms with Gasteiger partial charge in [0.2, 0.25) is 5.91 Å². The normalized spacial score (nSPS) is 16.7. The molecular weight excluding hydrogens is 362 g/mol. The number of rotatable bonds is 9. The number of unbranched alkanes of at least 4 members (excludes halogenated alkanes) is 2. The van der Waals surface area contributed by atoms with Crippen molar-refractivity contribution in [2.75, 3.05) is 18.9 Å². The topological polar surface area (TPSA) is 73.2 Å². The number of fused-ring (bicyclic) bond motifs is 1. The van der Waals surface area contributed by atoms with Crippen molar-refractivity contribution in [2.45, 2.75) is 56.8 Å². The summed E-state index contributed by atoms with van der Waals surface area (Å²) in [5.74, 6) is 0.227. The van der Waals surface area contributed by atoms with E-state index in [2.05, 4.69) is 17.2 Å². The molecule has 0 aliphatic carbocycles. The molecule has 0 spiro atoms. The van der Waals surface area contributed by atoms with E-state index in [9.17, 15) is 9.59 Å². The van der Waals surface area contributed by atoms with Crippen LogP contribution in [0.2, 0.25) is 0 Å². The van der Waals surface area contributed by atoms with Crippen LogP contribution < -0.4 is 10.9 Å². The van der Waals surface area contributed by atoms with Gasteiger partial charge in [-0.2, -0.15) is 0 Å².